The minimum Gasteiger partial charge on any atom is -0.310 e. The molecule has 0 saturated heterocycles. The van der Waals surface area contributed by atoms with Crippen LogP contribution in [0.5, 0.6) is 0 Å². The summed E-state index contributed by atoms with van der Waals surface area (Å²) in [7, 11) is 0. The van der Waals surface area contributed by atoms with Crippen LogP contribution in [0, 0.1) is 0 Å². The van der Waals surface area contributed by atoms with Crippen LogP contribution in [0.4, 0.5) is 17.1 Å². The number of anilines is 3. The maximum Gasteiger partial charge on any atom is 0.0540 e. The van der Waals surface area contributed by atoms with E-state index in [2.05, 4.69) is 221 Å². The third-order valence-electron chi connectivity index (χ3n) is 12.3. The summed E-state index contributed by atoms with van der Waals surface area (Å²) in [4.78, 5) is 2.52. The Morgan fingerprint density at radius 3 is 1.45 bits per heavy atom. The molecule has 10 rings (SSSR count). The van der Waals surface area contributed by atoms with Gasteiger partial charge in [0.25, 0.3) is 0 Å². The Morgan fingerprint density at radius 2 is 0.764 bits per heavy atom. The molecule has 55 heavy (non-hydrogen) atoms. The van der Waals surface area contributed by atoms with Crippen LogP contribution in [0.2, 0.25) is 0 Å². The highest BCUT2D eigenvalue weighted by Gasteiger charge is 2.40. The van der Waals surface area contributed by atoms with Crippen LogP contribution in [0.25, 0.3) is 55.6 Å². The van der Waals surface area contributed by atoms with E-state index in [1.54, 1.807) is 0 Å². The van der Waals surface area contributed by atoms with E-state index in [9.17, 15) is 0 Å². The monoisotopic (exact) mass is 705 g/mol. The smallest absolute Gasteiger partial charge is 0.0540 e. The second-order valence-electron chi connectivity index (χ2n) is 16.1. The number of rotatable bonds is 6. The van der Waals surface area contributed by atoms with Crippen molar-refractivity contribution in [1.82, 2.24) is 0 Å². The molecule has 0 fully saturated rings. The Labute approximate surface area is 325 Å². The predicted octanol–water partition coefficient (Wildman–Crippen LogP) is 14.8. The molecular weight excluding hydrogens is 663 g/mol. The molecule has 0 spiro atoms. The van der Waals surface area contributed by atoms with Gasteiger partial charge < -0.3 is 4.90 Å². The molecule has 0 atom stereocenters. The van der Waals surface area contributed by atoms with Crippen molar-refractivity contribution in [3.8, 4) is 55.6 Å². The summed E-state index contributed by atoms with van der Waals surface area (Å²) >= 11 is 0. The lowest BCUT2D eigenvalue weighted by Gasteiger charge is -2.33. The number of hydrogen-bond acceptors (Lipinski definition) is 1. The Bertz CT molecular complexity index is 2730. The average Bonchev–Trinajstić information content (AvgIpc) is 3.62. The quantitative estimate of drug-likeness (QED) is 0.166. The molecule has 0 amide bonds. The first-order chi connectivity index (χ1) is 26.8. The van der Waals surface area contributed by atoms with Crippen molar-refractivity contribution < 1.29 is 0 Å². The van der Waals surface area contributed by atoms with Crippen LogP contribution < -0.4 is 4.90 Å². The van der Waals surface area contributed by atoms with Crippen molar-refractivity contribution in [3.05, 3.63) is 210 Å². The normalized spacial score (nSPS) is 14.1. The molecule has 2 aliphatic rings. The molecule has 8 aromatic carbocycles. The fourth-order valence-electron chi connectivity index (χ4n) is 9.58. The predicted molar refractivity (Wildman–Crippen MR) is 233 cm³/mol. The van der Waals surface area contributed by atoms with Crippen molar-refractivity contribution in [2.45, 2.75) is 38.5 Å². The molecule has 0 N–H and O–H groups in total. The number of para-hydroxylation sites is 1. The Kier molecular flexibility index (Phi) is 7.58. The van der Waals surface area contributed by atoms with E-state index in [0.717, 1.165) is 5.69 Å². The fraction of sp³-hybridized carbons (Fsp3) is 0.111. The van der Waals surface area contributed by atoms with E-state index in [1.807, 2.05) is 0 Å². The first-order valence-corrected chi connectivity index (χ1v) is 19.4. The van der Waals surface area contributed by atoms with E-state index < -0.39 is 0 Å². The standard InChI is InChI=1S/C54H43N/c1-53(2)47-24-12-9-20-45(47)51-43(21-14-25-48(51)53)42-19-10-13-26-49(42)55(50-27-15-22-44-41-18-8-11-23-46(41)54(3,4)52(44)50)40-34-32-39(33-35-40)38-30-28-37(29-31-38)36-16-6-5-7-17-36/h5-35H,1-4H3. The summed E-state index contributed by atoms with van der Waals surface area (Å²) in [5.41, 5.74) is 21.4. The van der Waals surface area contributed by atoms with Crippen LogP contribution in [0.1, 0.15) is 49.9 Å². The summed E-state index contributed by atoms with van der Waals surface area (Å²) in [6.07, 6.45) is 0. The third-order valence-corrected chi connectivity index (χ3v) is 12.3. The molecular formula is C54H43N. The van der Waals surface area contributed by atoms with Gasteiger partial charge in [-0.1, -0.05) is 191 Å². The van der Waals surface area contributed by atoms with Gasteiger partial charge in [-0.15, -0.1) is 0 Å². The molecule has 2 aliphatic carbocycles. The van der Waals surface area contributed by atoms with E-state index in [4.69, 9.17) is 0 Å². The highest BCUT2D eigenvalue weighted by atomic mass is 15.1. The summed E-state index contributed by atoms with van der Waals surface area (Å²) in [5.74, 6) is 0. The van der Waals surface area contributed by atoms with Crippen LogP contribution in [-0.4, -0.2) is 0 Å². The first kappa shape index (κ1) is 33.2. The average molecular weight is 706 g/mol. The summed E-state index contributed by atoms with van der Waals surface area (Å²) in [6.45, 7) is 9.50. The second-order valence-corrected chi connectivity index (χ2v) is 16.1. The van der Waals surface area contributed by atoms with Crippen molar-refractivity contribution >= 4 is 17.1 Å². The minimum atomic E-state index is -0.187. The van der Waals surface area contributed by atoms with Gasteiger partial charge in [0.05, 0.1) is 11.4 Å². The van der Waals surface area contributed by atoms with E-state index in [-0.39, 0.29) is 10.8 Å². The summed E-state index contributed by atoms with van der Waals surface area (Å²) in [6, 6.07) is 69.4. The van der Waals surface area contributed by atoms with Gasteiger partial charge >= 0.3 is 0 Å². The van der Waals surface area contributed by atoms with Gasteiger partial charge in [-0.05, 0) is 96.6 Å². The van der Waals surface area contributed by atoms with E-state index >= 15 is 0 Å². The zero-order valence-electron chi connectivity index (χ0n) is 31.8. The maximum atomic E-state index is 2.52. The van der Waals surface area contributed by atoms with Gasteiger partial charge in [0.15, 0.2) is 0 Å². The van der Waals surface area contributed by atoms with Crippen LogP contribution in [-0.2, 0) is 10.8 Å². The molecule has 0 aromatic heterocycles. The zero-order valence-corrected chi connectivity index (χ0v) is 31.8. The number of benzene rings is 8. The molecule has 0 heterocycles. The lowest BCUT2D eigenvalue weighted by atomic mass is 9.81. The summed E-state index contributed by atoms with van der Waals surface area (Å²) < 4.78 is 0. The molecule has 0 unspecified atom stereocenters. The zero-order chi connectivity index (χ0) is 37.3. The highest BCUT2D eigenvalue weighted by molar-refractivity contribution is 5.99. The molecule has 0 bridgehead atoms. The van der Waals surface area contributed by atoms with Crippen LogP contribution in [0.3, 0.4) is 0 Å². The van der Waals surface area contributed by atoms with E-state index in [1.165, 1.54) is 89.3 Å². The topological polar surface area (TPSA) is 3.24 Å². The highest BCUT2D eigenvalue weighted by Crippen LogP contribution is 2.57. The van der Waals surface area contributed by atoms with Gasteiger partial charge in [0.2, 0.25) is 0 Å². The maximum absolute atomic E-state index is 2.52. The van der Waals surface area contributed by atoms with Gasteiger partial charge in [-0.3, -0.25) is 0 Å². The van der Waals surface area contributed by atoms with Crippen molar-refractivity contribution in [3.63, 3.8) is 0 Å². The largest absolute Gasteiger partial charge is 0.310 e. The Hall–Kier alpha value is -6.44. The second kappa shape index (κ2) is 12.6. The SMILES string of the molecule is CC1(C)c2ccccc2-c2c(-c3ccccc3N(c3ccc(-c4ccc(-c5ccccc5)cc4)cc3)c3cccc4c3C(C)(C)c3ccccc3-4)cccc21. The molecule has 1 nitrogen and oxygen atoms in total. The molecule has 0 radical (unpaired) electrons. The van der Waals surface area contributed by atoms with Crippen molar-refractivity contribution in [2.24, 2.45) is 0 Å². The third kappa shape index (κ3) is 5.14. The fourth-order valence-corrected chi connectivity index (χ4v) is 9.58. The van der Waals surface area contributed by atoms with Crippen LogP contribution >= 0.6 is 0 Å². The van der Waals surface area contributed by atoms with Gasteiger partial charge in [-0.25, -0.2) is 0 Å². The van der Waals surface area contributed by atoms with Gasteiger partial charge in [0.1, 0.15) is 0 Å². The molecule has 264 valence electrons. The van der Waals surface area contributed by atoms with Gasteiger partial charge in [0, 0.05) is 22.1 Å². The Balaban J connectivity index is 1.16. The number of fused-ring (bicyclic) bond motifs is 6. The molecule has 0 aliphatic heterocycles. The van der Waals surface area contributed by atoms with Crippen LogP contribution in [0.15, 0.2) is 188 Å². The molecule has 1 heteroatoms. The summed E-state index contributed by atoms with van der Waals surface area (Å²) in [5, 5.41) is 0. The Morgan fingerprint density at radius 1 is 0.309 bits per heavy atom. The van der Waals surface area contributed by atoms with Crippen molar-refractivity contribution in [2.75, 3.05) is 4.90 Å². The lowest BCUT2D eigenvalue weighted by molar-refractivity contribution is 0.660. The minimum absolute atomic E-state index is 0.0816. The molecule has 0 saturated carbocycles. The number of hydrogen-bond donors (Lipinski definition) is 0. The van der Waals surface area contributed by atoms with E-state index in [0.29, 0.717) is 0 Å². The van der Waals surface area contributed by atoms with Gasteiger partial charge in [-0.2, -0.15) is 0 Å². The first-order valence-electron chi connectivity index (χ1n) is 19.4. The lowest BCUT2D eigenvalue weighted by Crippen LogP contribution is -2.21. The number of nitrogens with zero attached hydrogens (tertiary/aromatic N) is 1. The van der Waals surface area contributed by atoms with Crippen molar-refractivity contribution in [1.29, 1.82) is 0 Å². The molecule has 8 aromatic rings.